The Balaban J connectivity index is 2.81. The molecular weight excluding hydrogens is 247 g/mol. The van der Waals surface area contributed by atoms with Gasteiger partial charge in [-0.25, -0.2) is 0 Å². The molecule has 1 aromatic carbocycles. The van der Waals surface area contributed by atoms with E-state index < -0.39 is 17.9 Å². The lowest BCUT2D eigenvalue weighted by Crippen LogP contribution is -2.69. The molecule has 0 saturated carbocycles. The number of benzene rings is 1. The molecule has 0 bridgehead atoms. The maximum atomic E-state index is 12.1. The Bertz CT molecular complexity index is 411. The summed E-state index contributed by atoms with van der Waals surface area (Å²) in [6, 6.07) is 3.98. The first kappa shape index (κ1) is 14.6. The zero-order valence-electron chi connectivity index (χ0n) is 10.3. The van der Waals surface area contributed by atoms with Crippen molar-refractivity contribution < 1.29 is 28.7 Å². The van der Waals surface area contributed by atoms with E-state index in [1.54, 1.807) is 6.07 Å². The number of halogens is 3. The summed E-state index contributed by atoms with van der Waals surface area (Å²) >= 11 is 0. The monoisotopic (exact) mass is 264 g/mol. The first-order valence-electron chi connectivity index (χ1n) is 5.50. The van der Waals surface area contributed by atoms with Crippen molar-refractivity contribution in [3.63, 3.8) is 0 Å². The Morgan fingerprint density at radius 2 is 1.89 bits per heavy atom. The zero-order chi connectivity index (χ0) is 14.0. The van der Waals surface area contributed by atoms with Crippen LogP contribution in [0.4, 0.5) is 13.2 Å². The summed E-state index contributed by atoms with van der Waals surface area (Å²) in [6.07, 6.45) is -3.50. The van der Waals surface area contributed by atoms with Crippen LogP contribution in [0.15, 0.2) is 18.2 Å². The predicted molar refractivity (Wildman–Crippen MR) is 60.1 cm³/mol. The highest BCUT2D eigenvalue weighted by molar-refractivity contribution is 5.42. The number of aromatic hydroxyl groups is 1. The van der Waals surface area contributed by atoms with E-state index in [1.165, 1.54) is 12.1 Å². The van der Waals surface area contributed by atoms with Gasteiger partial charge in [0, 0.05) is 6.42 Å². The lowest BCUT2D eigenvalue weighted by atomic mass is 9.96. The highest BCUT2D eigenvalue weighted by Gasteiger charge is 2.32. The van der Waals surface area contributed by atoms with Crippen molar-refractivity contribution >= 4 is 0 Å². The second kappa shape index (κ2) is 5.06. The number of aryl methyl sites for hydroxylation is 1. The van der Waals surface area contributed by atoms with Crippen LogP contribution in [0.1, 0.15) is 25.8 Å². The summed E-state index contributed by atoms with van der Waals surface area (Å²) in [5.41, 5.74) is 4.44. The summed E-state index contributed by atoms with van der Waals surface area (Å²) in [5, 5.41) is 9.29. The summed E-state index contributed by atoms with van der Waals surface area (Å²) in [5.74, 6) is -1.09. The summed E-state index contributed by atoms with van der Waals surface area (Å²) < 4.78 is 40.0. The van der Waals surface area contributed by atoms with E-state index in [4.69, 9.17) is 0 Å². The molecule has 0 heterocycles. The smallest absolute Gasteiger partial charge is 0.504 e. The van der Waals surface area contributed by atoms with Gasteiger partial charge in [0.15, 0.2) is 11.5 Å². The van der Waals surface area contributed by atoms with Gasteiger partial charge in [-0.05, 0) is 38.0 Å². The third-order valence-electron chi connectivity index (χ3n) is 2.34. The van der Waals surface area contributed by atoms with E-state index in [0.717, 1.165) is 6.42 Å². The van der Waals surface area contributed by atoms with Gasteiger partial charge in [0.25, 0.3) is 0 Å². The molecule has 0 aliphatic heterocycles. The highest BCUT2D eigenvalue weighted by Crippen LogP contribution is 2.32. The van der Waals surface area contributed by atoms with Crippen molar-refractivity contribution in [2.45, 2.75) is 38.6 Å². The van der Waals surface area contributed by atoms with Gasteiger partial charge in [-0.2, -0.15) is 0 Å². The fourth-order valence-corrected chi connectivity index (χ4v) is 1.40. The molecule has 6 heteroatoms. The van der Waals surface area contributed by atoms with Gasteiger partial charge in [-0.1, -0.05) is 6.07 Å². The number of ether oxygens (including phenoxy) is 1. The molecule has 0 amide bonds. The van der Waals surface area contributed by atoms with E-state index in [0.29, 0.717) is 12.0 Å². The minimum Gasteiger partial charge on any atom is -0.504 e. The van der Waals surface area contributed by atoms with Crippen molar-refractivity contribution in [1.82, 2.24) is 0 Å². The largest absolute Gasteiger partial charge is 0.573 e. The van der Waals surface area contributed by atoms with E-state index in [-0.39, 0.29) is 5.54 Å². The maximum absolute atomic E-state index is 12.1. The van der Waals surface area contributed by atoms with E-state index in [9.17, 15) is 18.3 Å². The number of alkyl halides is 3. The van der Waals surface area contributed by atoms with Gasteiger partial charge in [-0.15, -0.1) is 13.2 Å². The van der Waals surface area contributed by atoms with Crippen molar-refractivity contribution in [3.8, 4) is 11.5 Å². The lowest BCUT2D eigenvalue weighted by molar-refractivity contribution is -0.467. The fraction of sp³-hybridized carbons (Fsp3) is 0.500. The molecule has 0 fully saturated rings. The molecule has 0 radical (unpaired) electrons. The predicted octanol–water partition coefficient (Wildman–Crippen LogP) is 2.24. The Kier molecular flexibility index (Phi) is 4.11. The Morgan fingerprint density at radius 3 is 2.39 bits per heavy atom. The lowest BCUT2D eigenvalue weighted by Gasteiger charge is -2.15. The van der Waals surface area contributed by atoms with Gasteiger partial charge in [0.05, 0.1) is 5.54 Å². The average molecular weight is 264 g/mol. The Hall–Kier alpha value is -1.43. The number of hydrogen-bond acceptors (Lipinski definition) is 2. The summed E-state index contributed by atoms with van der Waals surface area (Å²) in [6.45, 7) is 3.89. The fourth-order valence-electron chi connectivity index (χ4n) is 1.40. The quantitative estimate of drug-likeness (QED) is 0.876. The molecule has 102 valence electrons. The van der Waals surface area contributed by atoms with E-state index in [2.05, 4.69) is 10.5 Å². The summed E-state index contributed by atoms with van der Waals surface area (Å²) in [7, 11) is 0. The van der Waals surface area contributed by atoms with Crippen molar-refractivity contribution in [3.05, 3.63) is 23.8 Å². The molecule has 18 heavy (non-hydrogen) atoms. The topological polar surface area (TPSA) is 57.1 Å². The summed E-state index contributed by atoms with van der Waals surface area (Å²) in [4.78, 5) is 0. The van der Waals surface area contributed by atoms with Gasteiger partial charge in [0.2, 0.25) is 0 Å². The third-order valence-corrected chi connectivity index (χ3v) is 2.34. The number of hydrogen-bond donors (Lipinski definition) is 2. The molecule has 1 rings (SSSR count). The average Bonchev–Trinajstić information content (AvgIpc) is 2.16. The third kappa shape index (κ3) is 5.27. The Labute approximate surface area is 103 Å². The first-order chi connectivity index (χ1) is 8.07. The molecule has 0 unspecified atom stereocenters. The molecule has 0 spiro atoms. The van der Waals surface area contributed by atoms with Gasteiger partial charge in [0.1, 0.15) is 0 Å². The zero-order valence-corrected chi connectivity index (χ0v) is 10.3. The van der Waals surface area contributed by atoms with E-state index in [1.807, 2.05) is 13.8 Å². The molecule has 0 saturated heterocycles. The van der Waals surface area contributed by atoms with Crippen LogP contribution in [0.25, 0.3) is 0 Å². The molecule has 0 aliphatic carbocycles. The van der Waals surface area contributed by atoms with Crippen molar-refractivity contribution in [2.24, 2.45) is 0 Å². The first-order valence-corrected chi connectivity index (χ1v) is 5.50. The minimum absolute atomic E-state index is 0.150. The number of phenolic OH excluding ortho intramolecular Hbond substituents is 1. The molecule has 0 atom stereocenters. The van der Waals surface area contributed by atoms with Crippen LogP contribution >= 0.6 is 0 Å². The van der Waals surface area contributed by atoms with Crippen LogP contribution in [0, 0.1) is 0 Å². The van der Waals surface area contributed by atoms with Crippen LogP contribution < -0.4 is 10.5 Å². The molecule has 4 N–H and O–H groups in total. The number of phenols is 1. The molecular formula is C12H17F3NO2+. The van der Waals surface area contributed by atoms with Crippen LogP contribution in [0.5, 0.6) is 11.5 Å². The van der Waals surface area contributed by atoms with Gasteiger partial charge in [-0.3, -0.25) is 0 Å². The Morgan fingerprint density at radius 1 is 1.28 bits per heavy atom. The van der Waals surface area contributed by atoms with Gasteiger partial charge >= 0.3 is 6.36 Å². The van der Waals surface area contributed by atoms with Gasteiger partial charge < -0.3 is 15.6 Å². The second-order valence-electron chi connectivity index (χ2n) is 5.01. The van der Waals surface area contributed by atoms with Crippen molar-refractivity contribution in [1.29, 1.82) is 0 Å². The van der Waals surface area contributed by atoms with E-state index >= 15 is 0 Å². The van der Waals surface area contributed by atoms with Crippen molar-refractivity contribution in [2.75, 3.05) is 0 Å². The SMILES string of the molecule is CC(C)([NH3+])CCc1ccc(O)c(OC(F)(F)F)c1. The van der Waals surface area contributed by atoms with Crippen LogP contribution in [-0.2, 0) is 6.42 Å². The molecule has 0 aliphatic rings. The van der Waals surface area contributed by atoms with Crippen LogP contribution in [-0.4, -0.2) is 17.0 Å². The molecule has 1 aromatic rings. The second-order valence-corrected chi connectivity index (χ2v) is 5.01. The number of quaternary nitrogens is 1. The number of rotatable bonds is 4. The van der Waals surface area contributed by atoms with Crippen LogP contribution in [0.3, 0.4) is 0 Å². The maximum Gasteiger partial charge on any atom is 0.573 e. The van der Waals surface area contributed by atoms with Crippen LogP contribution in [0.2, 0.25) is 0 Å². The minimum atomic E-state index is -4.80. The molecule has 0 aromatic heterocycles. The molecule has 3 nitrogen and oxygen atoms in total. The highest BCUT2D eigenvalue weighted by atomic mass is 19.4. The standard InChI is InChI=1S/C12H16F3NO2/c1-11(2,16)6-5-8-3-4-9(17)10(7-8)18-12(13,14)15/h3-4,7,17H,5-6,16H2,1-2H3/p+1. The normalized spacial score (nSPS) is 12.6.